The Bertz CT molecular complexity index is 418. The molecule has 0 spiro atoms. The lowest BCUT2D eigenvalue weighted by atomic mass is 9.96. The van der Waals surface area contributed by atoms with Crippen LogP contribution in [0, 0.1) is 16.7 Å². The van der Waals surface area contributed by atoms with Crippen molar-refractivity contribution in [2.75, 3.05) is 5.73 Å². The number of nitriles is 1. The van der Waals surface area contributed by atoms with E-state index in [4.69, 9.17) is 11.0 Å². The molecule has 0 unspecified atom stereocenters. The van der Waals surface area contributed by atoms with E-state index in [9.17, 15) is 0 Å². The number of anilines is 1. The highest BCUT2D eigenvalue weighted by molar-refractivity contribution is 5.46. The van der Waals surface area contributed by atoms with Gasteiger partial charge in [0, 0.05) is 13.0 Å². The number of nitrogens with zero attached hydrogens (tertiary/aromatic N) is 3. The lowest BCUT2D eigenvalue weighted by Gasteiger charge is -2.21. The average Bonchev–Trinajstić information content (AvgIpc) is 2.51. The minimum Gasteiger partial charge on any atom is -0.383 e. The van der Waals surface area contributed by atoms with Gasteiger partial charge < -0.3 is 10.3 Å². The van der Waals surface area contributed by atoms with Crippen LogP contribution in [0.25, 0.3) is 0 Å². The molecule has 94 valence electrons. The first-order valence-corrected chi connectivity index (χ1v) is 6.14. The molecule has 0 atom stereocenters. The van der Waals surface area contributed by atoms with E-state index in [0.717, 1.165) is 31.6 Å². The molecule has 0 aromatic carbocycles. The van der Waals surface area contributed by atoms with Crippen molar-refractivity contribution in [3.05, 3.63) is 11.5 Å². The van der Waals surface area contributed by atoms with E-state index >= 15 is 0 Å². The molecule has 1 aromatic heterocycles. The monoisotopic (exact) mass is 234 g/mol. The highest BCUT2D eigenvalue weighted by Crippen LogP contribution is 2.23. The zero-order valence-electron chi connectivity index (χ0n) is 11.2. The summed E-state index contributed by atoms with van der Waals surface area (Å²) in [6.07, 6.45) is 3.08. The van der Waals surface area contributed by atoms with E-state index in [2.05, 4.69) is 38.7 Å². The second kappa shape index (κ2) is 5.22. The van der Waals surface area contributed by atoms with E-state index in [1.807, 2.05) is 4.57 Å². The van der Waals surface area contributed by atoms with E-state index in [1.165, 1.54) is 0 Å². The minimum atomic E-state index is 0.127. The van der Waals surface area contributed by atoms with Crippen molar-refractivity contribution in [3.8, 4) is 6.07 Å². The molecule has 0 fully saturated rings. The maximum atomic E-state index is 8.97. The number of hydrogen-bond donors (Lipinski definition) is 1. The van der Waals surface area contributed by atoms with Crippen molar-refractivity contribution in [1.82, 2.24) is 9.55 Å². The Morgan fingerprint density at radius 1 is 1.41 bits per heavy atom. The molecule has 0 bridgehead atoms. The highest BCUT2D eigenvalue weighted by Gasteiger charge is 2.19. The molecule has 0 aliphatic carbocycles. The first-order valence-electron chi connectivity index (χ1n) is 6.14. The molecule has 4 nitrogen and oxygen atoms in total. The molecule has 1 aromatic rings. The molecule has 4 heteroatoms. The molecule has 2 N–H and O–H groups in total. The summed E-state index contributed by atoms with van der Waals surface area (Å²) in [5.74, 6) is 1.45. The van der Waals surface area contributed by atoms with Crippen LogP contribution < -0.4 is 5.73 Å². The average molecular weight is 234 g/mol. The van der Waals surface area contributed by atoms with Gasteiger partial charge in [-0.3, -0.25) is 0 Å². The van der Waals surface area contributed by atoms with Gasteiger partial charge in [-0.15, -0.1) is 0 Å². The first kappa shape index (κ1) is 13.6. The molecule has 0 saturated carbocycles. The highest BCUT2D eigenvalue weighted by atomic mass is 15.1. The Morgan fingerprint density at radius 2 is 2.06 bits per heavy atom. The zero-order valence-corrected chi connectivity index (χ0v) is 11.2. The van der Waals surface area contributed by atoms with Crippen LogP contribution in [0.3, 0.4) is 0 Å². The largest absolute Gasteiger partial charge is 0.383 e. The van der Waals surface area contributed by atoms with Crippen molar-refractivity contribution >= 4 is 5.82 Å². The molecule has 0 amide bonds. The molecule has 0 saturated heterocycles. The number of hydrogen-bond acceptors (Lipinski definition) is 3. The van der Waals surface area contributed by atoms with Gasteiger partial charge in [-0.05, 0) is 11.8 Å². The van der Waals surface area contributed by atoms with Gasteiger partial charge in [0.2, 0.25) is 0 Å². The molecule has 0 aliphatic heterocycles. The summed E-state index contributed by atoms with van der Waals surface area (Å²) in [7, 11) is 0. The van der Waals surface area contributed by atoms with Crippen LogP contribution in [0.2, 0.25) is 0 Å². The number of aryl methyl sites for hydroxylation is 1. The van der Waals surface area contributed by atoms with Crippen LogP contribution in [0.1, 0.15) is 52.1 Å². The Balaban J connectivity index is 3.06. The number of nitrogen functional groups attached to an aromatic ring is 1. The molecule has 0 radical (unpaired) electrons. The third-order valence-electron chi connectivity index (χ3n) is 2.58. The molecular weight excluding hydrogens is 212 g/mol. The van der Waals surface area contributed by atoms with E-state index in [1.54, 1.807) is 0 Å². The van der Waals surface area contributed by atoms with Crippen LogP contribution >= 0.6 is 0 Å². The summed E-state index contributed by atoms with van der Waals surface area (Å²) in [4.78, 5) is 4.33. The fraction of sp³-hybridized carbons (Fsp3) is 0.692. The van der Waals surface area contributed by atoms with Crippen molar-refractivity contribution in [2.45, 2.75) is 53.5 Å². The second-order valence-electron chi connectivity index (χ2n) is 5.62. The number of nitrogens with two attached hydrogens (primary N) is 1. The van der Waals surface area contributed by atoms with E-state index < -0.39 is 0 Å². The van der Waals surface area contributed by atoms with Gasteiger partial charge in [-0.1, -0.05) is 34.1 Å². The van der Waals surface area contributed by atoms with Crippen molar-refractivity contribution < 1.29 is 0 Å². The third-order valence-corrected chi connectivity index (χ3v) is 2.58. The number of unbranched alkanes of at least 4 members (excludes halogenated alkanes) is 1. The van der Waals surface area contributed by atoms with Crippen LogP contribution in [0.15, 0.2) is 0 Å². The van der Waals surface area contributed by atoms with Crippen LogP contribution in [0.4, 0.5) is 5.82 Å². The van der Waals surface area contributed by atoms with Crippen molar-refractivity contribution in [3.63, 3.8) is 0 Å². The standard InChI is InChI=1S/C13H22N4/c1-5-6-7-11-16-10(8-14)12(15)17(11)9-13(2,3)4/h5-7,9,15H2,1-4H3. The number of imidazole rings is 1. The van der Waals surface area contributed by atoms with Crippen LogP contribution in [-0.4, -0.2) is 9.55 Å². The molecule has 17 heavy (non-hydrogen) atoms. The smallest absolute Gasteiger partial charge is 0.182 e. The second-order valence-corrected chi connectivity index (χ2v) is 5.62. The van der Waals surface area contributed by atoms with Gasteiger partial charge in [0.05, 0.1) is 0 Å². The van der Waals surface area contributed by atoms with E-state index in [0.29, 0.717) is 11.5 Å². The third kappa shape index (κ3) is 3.48. The lowest BCUT2D eigenvalue weighted by molar-refractivity contribution is 0.339. The number of aromatic nitrogens is 2. The SMILES string of the molecule is CCCCc1nc(C#N)c(N)n1CC(C)(C)C. The molecule has 1 rings (SSSR count). The fourth-order valence-electron chi connectivity index (χ4n) is 1.77. The predicted octanol–water partition coefficient (Wildman–Crippen LogP) is 2.73. The molecular formula is C13H22N4. The number of rotatable bonds is 4. The lowest BCUT2D eigenvalue weighted by Crippen LogP contribution is -2.19. The summed E-state index contributed by atoms with van der Waals surface area (Å²) in [6.45, 7) is 9.41. The van der Waals surface area contributed by atoms with Gasteiger partial charge >= 0.3 is 0 Å². The summed E-state index contributed by atoms with van der Waals surface area (Å²) in [5, 5.41) is 8.97. The van der Waals surface area contributed by atoms with Crippen molar-refractivity contribution in [1.29, 1.82) is 5.26 Å². The fourth-order valence-corrected chi connectivity index (χ4v) is 1.77. The van der Waals surface area contributed by atoms with Crippen molar-refractivity contribution in [2.24, 2.45) is 5.41 Å². The maximum Gasteiger partial charge on any atom is 0.182 e. The van der Waals surface area contributed by atoms with Gasteiger partial charge in [0.15, 0.2) is 5.69 Å². The summed E-state index contributed by atoms with van der Waals surface area (Å²) in [6, 6.07) is 2.06. The summed E-state index contributed by atoms with van der Waals surface area (Å²) in [5.41, 5.74) is 6.46. The summed E-state index contributed by atoms with van der Waals surface area (Å²) < 4.78 is 1.99. The van der Waals surface area contributed by atoms with E-state index in [-0.39, 0.29) is 5.41 Å². The van der Waals surface area contributed by atoms with Crippen LogP contribution in [-0.2, 0) is 13.0 Å². The maximum absolute atomic E-state index is 8.97. The summed E-state index contributed by atoms with van der Waals surface area (Å²) >= 11 is 0. The van der Waals surface area contributed by atoms with Gasteiger partial charge in [0.25, 0.3) is 0 Å². The van der Waals surface area contributed by atoms with Gasteiger partial charge in [-0.2, -0.15) is 5.26 Å². The minimum absolute atomic E-state index is 0.127. The van der Waals surface area contributed by atoms with Gasteiger partial charge in [0.1, 0.15) is 17.7 Å². The topological polar surface area (TPSA) is 67.6 Å². The first-order chi connectivity index (χ1) is 7.89. The van der Waals surface area contributed by atoms with Crippen LogP contribution in [0.5, 0.6) is 0 Å². The molecule has 0 aliphatic rings. The quantitative estimate of drug-likeness (QED) is 0.871. The zero-order chi connectivity index (χ0) is 13.1. The van der Waals surface area contributed by atoms with Gasteiger partial charge in [-0.25, -0.2) is 4.98 Å². The Morgan fingerprint density at radius 3 is 2.53 bits per heavy atom. The predicted molar refractivity (Wildman–Crippen MR) is 69.4 cm³/mol. The molecule has 1 heterocycles. The Hall–Kier alpha value is -1.50. The normalized spacial score (nSPS) is 11.5. The Kier molecular flexibility index (Phi) is 4.17. The Labute approximate surface area is 103 Å².